The van der Waals surface area contributed by atoms with Crippen molar-refractivity contribution >= 4 is 17.8 Å². The van der Waals surface area contributed by atoms with Gasteiger partial charge in [0, 0.05) is 31.9 Å². The topological polar surface area (TPSA) is 78.2 Å². The van der Waals surface area contributed by atoms with E-state index in [2.05, 4.69) is 21.3 Å². The molecule has 0 saturated carbocycles. The monoisotopic (exact) mass is 348 g/mol. The van der Waals surface area contributed by atoms with Gasteiger partial charge in [-0.05, 0) is 35.4 Å². The van der Waals surface area contributed by atoms with Crippen molar-refractivity contribution in [1.29, 1.82) is 5.26 Å². The van der Waals surface area contributed by atoms with Gasteiger partial charge < -0.3 is 15.0 Å². The summed E-state index contributed by atoms with van der Waals surface area (Å²) < 4.78 is 5.34. The molecule has 1 aromatic carbocycles. The van der Waals surface area contributed by atoms with Gasteiger partial charge in [0.15, 0.2) is 0 Å². The highest BCUT2D eigenvalue weighted by Crippen LogP contribution is 2.13. The Hall–Kier alpha value is -3.17. The Morgan fingerprint density at radius 3 is 2.65 bits per heavy atom. The molecule has 1 aliphatic rings. The lowest BCUT2D eigenvalue weighted by atomic mass is 10.1. The molecule has 1 aliphatic heterocycles. The van der Waals surface area contributed by atoms with E-state index in [0.29, 0.717) is 12.1 Å². The highest BCUT2D eigenvalue weighted by Gasteiger charge is 2.11. The van der Waals surface area contributed by atoms with E-state index in [-0.39, 0.29) is 5.91 Å². The van der Waals surface area contributed by atoms with E-state index in [9.17, 15) is 4.79 Å². The fourth-order valence-corrected chi connectivity index (χ4v) is 2.59. The summed E-state index contributed by atoms with van der Waals surface area (Å²) in [7, 11) is 0. The Bertz CT molecular complexity index is 801. The predicted molar refractivity (Wildman–Crippen MR) is 99.3 cm³/mol. The molecule has 2 aromatic rings. The average Bonchev–Trinajstić information content (AvgIpc) is 2.72. The Morgan fingerprint density at radius 1 is 1.23 bits per heavy atom. The van der Waals surface area contributed by atoms with Gasteiger partial charge in [0.05, 0.1) is 24.8 Å². The van der Waals surface area contributed by atoms with Crippen LogP contribution in [0.2, 0.25) is 0 Å². The Morgan fingerprint density at radius 2 is 2.00 bits per heavy atom. The second kappa shape index (κ2) is 8.79. The van der Waals surface area contributed by atoms with Crippen LogP contribution >= 0.6 is 0 Å². The number of aromatic nitrogens is 1. The summed E-state index contributed by atoms with van der Waals surface area (Å²) in [5.74, 6) is 0.760. The predicted octanol–water partition coefficient (Wildman–Crippen LogP) is 2.12. The Labute approximate surface area is 152 Å². The number of amides is 1. The van der Waals surface area contributed by atoms with E-state index in [4.69, 9.17) is 10.00 Å². The van der Waals surface area contributed by atoms with Gasteiger partial charge in [-0.25, -0.2) is 4.98 Å². The summed E-state index contributed by atoms with van der Waals surface area (Å²) in [4.78, 5) is 18.6. The van der Waals surface area contributed by atoms with Crippen molar-refractivity contribution in [1.82, 2.24) is 10.3 Å². The second-order valence-corrected chi connectivity index (χ2v) is 5.91. The van der Waals surface area contributed by atoms with Gasteiger partial charge in [-0.15, -0.1) is 0 Å². The number of benzene rings is 1. The molecule has 6 heteroatoms. The van der Waals surface area contributed by atoms with Crippen LogP contribution in [0.4, 0.5) is 5.82 Å². The Kier molecular flexibility index (Phi) is 5.96. The largest absolute Gasteiger partial charge is 0.378 e. The third kappa shape index (κ3) is 4.91. The van der Waals surface area contributed by atoms with Crippen molar-refractivity contribution in [2.24, 2.45) is 0 Å². The molecular weight excluding hydrogens is 328 g/mol. The quantitative estimate of drug-likeness (QED) is 0.838. The molecular formula is C20H20N4O2. The van der Waals surface area contributed by atoms with Crippen LogP contribution in [0.15, 0.2) is 48.7 Å². The minimum Gasteiger partial charge on any atom is -0.378 e. The van der Waals surface area contributed by atoms with Crippen LogP contribution in [-0.4, -0.2) is 37.2 Å². The molecule has 1 amide bonds. The summed E-state index contributed by atoms with van der Waals surface area (Å²) in [5.41, 5.74) is 2.41. The van der Waals surface area contributed by atoms with Gasteiger partial charge in [-0.3, -0.25) is 4.79 Å². The van der Waals surface area contributed by atoms with Crippen molar-refractivity contribution in [3.63, 3.8) is 0 Å². The van der Waals surface area contributed by atoms with Gasteiger partial charge in [-0.1, -0.05) is 18.2 Å². The molecule has 0 bridgehead atoms. The fraction of sp³-hybridized carbons (Fsp3) is 0.250. The number of ether oxygens (including phenoxy) is 1. The van der Waals surface area contributed by atoms with Crippen LogP contribution in [0.5, 0.6) is 0 Å². The SMILES string of the molecule is N#Cc1ccc(C=CC(=O)NCc2ccc(N3CCOCC3)nc2)cc1. The van der Waals surface area contributed by atoms with Crippen molar-refractivity contribution in [3.8, 4) is 6.07 Å². The number of nitrogens with zero attached hydrogens (tertiary/aromatic N) is 3. The fourth-order valence-electron chi connectivity index (χ4n) is 2.59. The highest BCUT2D eigenvalue weighted by molar-refractivity contribution is 5.91. The zero-order valence-electron chi connectivity index (χ0n) is 14.4. The van der Waals surface area contributed by atoms with Crippen LogP contribution in [-0.2, 0) is 16.1 Å². The van der Waals surface area contributed by atoms with E-state index in [0.717, 1.165) is 43.2 Å². The molecule has 0 atom stereocenters. The average molecular weight is 348 g/mol. The standard InChI is InChI=1S/C20H20N4O2/c21-13-17-3-1-16(2-4-17)6-8-20(25)23-15-18-5-7-19(22-14-18)24-9-11-26-12-10-24/h1-8,14H,9-12,15H2,(H,23,25). The zero-order chi connectivity index (χ0) is 18.2. The normalized spacial score (nSPS) is 14.2. The van der Waals surface area contributed by atoms with Crippen LogP contribution in [0.1, 0.15) is 16.7 Å². The first kappa shape index (κ1) is 17.6. The van der Waals surface area contributed by atoms with Crippen molar-refractivity contribution < 1.29 is 9.53 Å². The molecule has 6 nitrogen and oxygen atoms in total. The molecule has 0 unspecified atom stereocenters. The molecule has 26 heavy (non-hydrogen) atoms. The van der Waals surface area contributed by atoms with E-state index in [1.54, 1.807) is 36.5 Å². The van der Waals surface area contributed by atoms with E-state index < -0.39 is 0 Å². The minimum absolute atomic E-state index is 0.174. The Balaban J connectivity index is 1.49. The number of carbonyl (C=O) groups excluding carboxylic acids is 1. The smallest absolute Gasteiger partial charge is 0.244 e. The lowest BCUT2D eigenvalue weighted by molar-refractivity contribution is -0.116. The highest BCUT2D eigenvalue weighted by atomic mass is 16.5. The number of nitrogens with one attached hydrogen (secondary N) is 1. The van der Waals surface area contributed by atoms with Gasteiger partial charge in [0.2, 0.25) is 5.91 Å². The molecule has 1 fully saturated rings. The third-order valence-electron chi connectivity index (χ3n) is 4.08. The molecule has 0 spiro atoms. The lowest BCUT2D eigenvalue weighted by Crippen LogP contribution is -2.36. The van der Waals surface area contributed by atoms with Crippen molar-refractivity contribution in [2.45, 2.75) is 6.54 Å². The van der Waals surface area contributed by atoms with Crippen LogP contribution in [0, 0.1) is 11.3 Å². The van der Waals surface area contributed by atoms with Crippen LogP contribution in [0.3, 0.4) is 0 Å². The number of pyridine rings is 1. The summed E-state index contributed by atoms with van der Waals surface area (Å²) in [6.07, 6.45) is 4.99. The first-order chi connectivity index (χ1) is 12.7. The summed E-state index contributed by atoms with van der Waals surface area (Å²) >= 11 is 0. The van der Waals surface area contributed by atoms with Gasteiger partial charge in [-0.2, -0.15) is 5.26 Å². The summed E-state index contributed by atoms with van der Waals surface area (Å²) in [6.45, 7) is 3.58. The third-order valence-corrected chi connectivity index (χ3v) is 4.08. The maximum Gasteiger partial charge on any atom is 0.244 e. The van der Waals surface area contributed by atoms with Gasteiger partial charge >= 0.3 is 0 Å². The van der Waals surface area contributed by atoms with Gasteiger partial charge in [0.1, 0.15) is 5.82 Å². The van der Waals surface area contributed by atoms with E-state index in [1.165, 1.54) is 6.08 Å². The van der Waals surface area contributed by atoms with E-state index >= 15 is 0 Å². The number of rotatable bonds is 5. The van der Waals surface area contributed by atoms with Crippen molar-refractivity contribution in [2.75, 3.05) is 31.2 Å². The maximum atomic E-state index is 11.9. The van der Waals surface area contributed by atoms with Crippen molar-refractivity contribution in [3.05, 3.63) is 65.4 Å². The second-order valence-electron chi connectivity index (χ2n) is 5.91. The number of carbonyl (C=O) groups is 1. The summed E-state index contributed by atoms with van der Waals surface area (Å²) in [5, 5.41) is 11.6. The first-order valence-electron chi connectivity index (χ1n) is 8.48. The molecule has 1 aromatic heterocycles. The number of anilines is 1. The molecule has 0 aliphatic carbocycles. The molecule has 3 rings (SSSR count). The molecule has 1 saturated heterocycles. The number of hydrogen-bond donors (Lipinski definition) is 1. The lowest BCUT2D eigenvalue weighted by Gasteiger charge is -2.27. The van der Waals surface area contributed by atoms with Crippen LogP contribution in [0.25, 0.3) is 6.08 Å². The molecule has 132 valence electrons. The molecule has 1 N–H and O–H groups in total. The maximum absolute atomic E-state index is 11.9. The molecule has 0 radical (unpaired) electrons. The first-order valence-corrected chi connectivity index (χ1v) is 8.48. The number of nitriles is 1. The summed E-state index contributed by atoms with van der Waals surface area (Å²) in [6, 6.07) is 13.1. The number of hydrogen-bond acceptors (Lipinski definition) is 5. The number of morpholine rings is 1. The minimum atomic E-state index is -0.174. The molecule has 2 heterocycles. The zero-order valence-corrected chi connectivity index (χ0v) is 14.4. The van der Waals surface area contributed by atoms with E-state index in [1.807, 2.05) is 12.1 Å². The van der Waals surface area contributed by atoms with Crippen LogP contribution < -0.4 is 10.2 Å². The van der Waals surface area contributed by atoms with Gasteiger partial charge in [0.25, 0.3) is 0 Å².